The number of rotatable bonds is 4. The van der Waals surface area contributed by atoms with Crippen LogP contribution in [0.3, 0.4) is 0 Å². The molecule has 1 aromatic rings. The number of Topliss-reactive ketones (excluding diaryl/α,β-unsaturated/α-hetero) is 2. The molecule has 1 aromatic carbocycles. The van der Waals surface area contributed by atoms with E-state index in [9.17, 15) is 9.59 Å². The molecule has 0 aliphatic carbocycles. The molecule has 0 N–H and O–H groups in total. The molecule has 0 amide bonds. The van der Waals surface area contributed by atoms with E-state index in [4.69, 9.17) is 0 Å². The molecule has 0 bridgehead atoms. The second-order valence-electron chi connectivity index (χ2n) is 3.55. The molecule has 4 heteroatoms. The molecule has 0 fully saturated rings. The Balaban J connectivity index is 3.46. The minimum Gasteiger partial charge on any atom is -0.295 e. The van der Waals surface area contributed by atoms with E-state index in [0.29, 0.717) is 21.8 Å². The standard InChI is InChI=1S/C12H12Br2O2/c1-7(15)11-3-10(6-14)12(8(2)16)4-9(11)5-13/h3-4H,5-6H2,1-2H3. The minimum absolute atomic E-state index is 0.0201. The Morgan fingerprint density at radius 2 is 1.25 bits per heavy atom. The van der Waals surface area contributed by atoms with Crippen LogP contribution in [0.1, 0.15) is 45.7 Å². The lowest BCUT2D eigenvalue weighted by Gasteiger charge is -2.10. The van der Waals surface area contributed by atoms with Gasteiger partial charge in [0.1, 0.15) is 0 Å². The van der Waals surface area contributed by atoms with Crippen LogP contribution in [-0.2, 0) is 10.7 Å². The van der Waals surface area contributed by atoms with Gasteiger partial charge in [0.15, 0.2) is 11.6 Å². The molecule has 0 unspecified atom stereocenters. The lowest BCUT2D eigenvalue weighted by Crippen LogP contribution is -2.05. The zero-order valence-corrected chi connectivity index (χ0v) is 12.3. The van der Waals surface area contributed by atoms with Crippen molar-refractivity contribution in [1.29, 1.82) is 0 Å². The molecule has 0 heterocycles. The largest absolute Gasteiger partial charge is 0.295 e. The van der Waals surface area contributed by atoms with E-state index >= 15 is 0 Å². The zero-order chi connectivity index (χ0) is 12.3. The number of carbonyl (C=O) groups is 2. The highest BCUT2D eigenvalue weighted by Gasteiger charge is 2.14. The third-order valence-corrected chi connectivity index (χ3v) is 3.58. The molecular weight excluding hydrogens is 336 g/mol. The van der Waals surface area contributed by atoms with E-state index in [-0.39, 0.29) is 11.6 Å². The maximum atomic E-state index is 11.5. The van der Waals surface area contributed by atoms with Crippen LogP contribution in [-0.4, -0.2) is 11.6 Å². The first kappa shape index (κ1) is 13.6. The van der Waals surface area contributed by atoms with Crippen molar-refractivity contribution in [3.8, 4) is 0 Å². The smallest absolute Gasteiger partial charge is 0.160 e. The Bertz CT molecular complexity index is 397. The molecular formula is C12H12Br2O2. The van der Waals surface area contributed by atoms with Gasteiger partial charge in [0.2, 0.25) is 0 Å². The Labute approximate surface area is 112 Å². The molecule has 0 saturated carbocycles. The number of alkyl halides is 2. The van der Waals surface area contributed by atoms with Crippen LogP contribution < -0.4 is 0 Å². The van der Waals surface area contributed by atoms with E-state index in [2.05, 4.69) is 31.9 Å². The van der Waals surface area contributed by atoms with E-state index in [0.717, 1.165) is 11.1 Å². The average molecular weight is 348 g/mol. The molecule has 0 saturated heterocycles. The number of ketones is 2. The van der Waals surface area contributed by atoms with E-state index < -0.39 is 0 Å². The monoisotopic (exact) mass is 346 g/mol. The summed E-state index contributed by atoms with van der Waals surface area (Å²) in [6.07, 6.45) is 0. The summed E-state index contributed by atoms with van der Waals surface area (Å²) in [5, 5.41) is 1.15. The van der Waals surface area contributed by atoms with Crippen LogP contribution >= 0.6 is 31.9 Å². The fourth-order valence-electron chi connectivity index (χ4n) is 1.57. The van der Waals surface area contributed by atoms with Gasteiger partial charge in [-0.2, -0.15) is 0 Å². The maximum Gasteiger partial charge on any atom is 0.160 e. The van der Waals surface area contributed by atoms with Gasteiger partial charge in [0.25, 0.3) is 0 Å². The molecule has 86 valence electrons. The van der Waals surface area contributed by atoms with Crippen molar-refractivity contribution in [3.63, 3.8) is 0 Å². The van der Waals surface area contributed by atoms with Crippen LogP contribution in [0.5, 0.6) is 0 Å². The molecule has 0 aliphatic rings. The van der Waals surface area contributed by atoms with Crippen molar-refractivity contribution in [1.82, 2.24) is 0 Å². The fourth-order valence-corrected chi connectivity index (χ4v) is 2.49. The maximum absolute atomic E-state index is 11.5. The van der Waals surface area contributed by atoms with Crippen molar-refractivity contribution >= 4 is 43.4 Å². The third kappa shape index (κ3) is 2.80. The second-order valence-corrected chi connectivity index (χ2v) is 4.67. The molecule has 0 radical (unpaired) electrons. The van der Waals surface area contributed by atoms with Crippen molar-refractivity contribution in [2.24, 2.45) is 0 Å². The van der Waals surface area contributed by atoms with Gasteiger partial charge < -0.3 is 0 Å². The van der Waals surface area contributed by atoms with E-state index in [1.54, 1.807) is 12.1 Å². The summed E-state index contributed by atoms with van der Waals surface area (Å²) >= 11 is 6.66. The highest BCUT2D eigenvalue weighted by molar-refractivity contribution is 9.08. The van der Waals surface area contributed by atoms with Gasteiger partial charge in [-0.25, -0.2) is 0 Å². The molecule has 0 spiro atoms. The Hall–Kier alpha value is -0.480. The number of hydrogen-bond donors (Lipinski definition) is 0. The van der Waals surface area contributed by atoms with Crippen LogP contribution in [0.25, 0.3) is 0 Å². The van der Waals surface area contributed by atoms with Gasteiger partial charge in [-0.3, -0.25) is 9.59 Å². The Morgan fingerprint density at radius 1 is 0.938 bits per heavy atom. The summed E-state index contributed by atoms with van der Waals surface area (Å²) < 4.78 is 0. The highest BCUT2D eigenvalue weighted by Crippen LogP contribution is 2.22. The fraction of sp³-hybridized carbons (Fsp3) is 0.333. The summed E-state index contributed by atoms with van der Waals surface area (Å²) in [6.45, 7) is 3.07. The lowest BCUT2D eigenvalue weighted by atomic mass is 9.96. The number of halogens is 2. The summed E-state index contributed by atoms with van der Waals surface area (Å²) in [5.41, 5.74) is 3.08. The Morgan fingerprint density at radius 3 is 1.44 bits per heavy atom. The van der Waals surface area contributed by atoms with Crippen molar-refractivity contribution in [2.45, 2.75) is 24.5 Å². The number of hydrogen-bond acceptors (Lipinski definition) is 2. The summed E-state index contributed by atoms with van der Waals surface area (Å²) in [5.74, 6) is 0.0403. The molecule has 2 nitrogen and oxygen atoms in total. The second kappa shape index (κ2) is 5.73. The summed E-state index contributed by atoms with van der Waals surface area (Å²) in [6, 6.07) is 3.59. The quantitative estimate of drug-likeness (QED) is 0.611. The van der Waals surface area contributed by atoms with Crippen molar-refractivity contribution in [3.05, 3.63) is 34.4 Å². The van der Waals surface area contributed by atoms with Gasteiger partial charge in [-0.15, -0.1) is 0 Å². The third-order valence-electron chi connectivity index (χ3n) is 2.38. The van der Waals surface area contributed by atoms with Crippen LogP contribution in [0, 0.1) is 0 Å². The lowest BCUT2D eigenvalue weighted by molar-refractivity contribution is 0.1000. The van der Waals surface area contributed by atoms with Crippen LogP contribution in [0.4, 0.5) is 0 Å². The van der Waals surface area contributed by atoms with Gasteiger partial charge in [0, 0.05) is 21.8 Å². The SMILES string of the molecule is CC(=O)c1cc(CBr)c(C(C)=O)cc1CBr. The predicted octanol–water partition coefficient (Wildman–Crippen LogP) is 3.88. The summed E-state index contributed by atoms with van der Waals surface area (Å²) in [7, 11) is 0. The molecule has 0 aliphatic heterocycles. The topological polar surface area (TPSA) is 34.1 Å². The normalized spacial score (nSPS) is 10.2. The average Bonchev–Trinajstić information content (AvgIpc) is 2.26. The van der Waals surface area contributed by atoms with E-state index in [1.807, 2.05) is 0 Å². The number of carbonyl (C=O) groups excluding carboxylic acids is 2. The minimum atomic E-state index is 0.0201. The van der Waals surface area contributed by atoms with Crippen molar-refractivity contribution in [2.75, 3.05) is 0 Å². The first-order valence-corrected chi connectivity index (χ1v) is 7.05. The first-order chi connectivity index (χ1) is 7.51. The highest BCUT2D eigenvalue weighted by atomic mass is 79.9. The van der Waals surface area contributed by atoms with Gasteiger partial charge >= 0.3 is 0 Å². The molecule has 0 atom stereocenters. The van der Waals surface area contributed by atoms with Crippen LogP contribution in [0.15, 0.2) is 12.1 Å². The van der Waals surface area contributed by atoms with Gasteiger partial charge in [0.05, 0.1) is 0 Å². The first-order valence-electron chi connectivity index (χ1n) is 4.80. The molecule has 16 heavy (non-hydrogen) atoms. The molecule has 0 aromatic heterocycles. The number of benzene rings is 1. The van der Waals surface area contributed by atoms with Crippen LogP contribution in [0.2, 0.25) is 0 Å². The molecule has 1 rings (SSSR count). The predicted molar refractivity (Wildman–Crippen MR) is 71.7 cm³/mol. The van der Waals surface area contributed by atoms with E-state index in [1.165, 1.54) is 13.8 Å². The van der Waals surface area contributed by atoms with Gasteiger partial charge in [-0.05, 0) is 37.1 Å². The van der Waals surface area contributed by atoms with Crippen molar-refractivity contribution < 1.29 is 9.59 Å². The zero-order valence-electron chi connectivity index (χ0n) is 9.14. The van der Waals surface area contributed by atoms with Gasteiger partial charge in [-0.1, -0.05) is 31.9 Å². The Kier molecular flexibility index (Phi) is 4.87. The summed E-state index contributed by atoms with van der Waals surface area (Å²) in [4.78, 5) is 22.9.